The number of carboxylic acids is 1. The Morgan fingerprint density at radius 1 is 1.38 bits per heavy atom. The molecule has 1 aliphatic rings. The molecule has 0 aromatic carbocycles. The van der Waals surface area contributed by atoms with Crippen LogP contribution < -0.4 is 0 Å². The SMILES string of the molecule is N#Cc1ccc2c(cnn2C[C@H]2CC[C@H](C(=O)O)CC2)n1. The minimum atomic E-state index is -0.675. The second-order valence-corrected chi connectivity index (χ2v) is 5.60. The number of aromatic nitrogens is 3. The van der Waals surface area contributed by atoms with Crippen molar-refractivity contribution in [2.24, 2.45) is 11.8 Å². The fraction of sp³-hybridized carbons (Fsp3) is 0.467. The van der Waals surface area contributed by atoms with Crippen molar-refractivity contribution >= 4 is 17.0 Å². The minimum Gasteiger partial charge on any atom is -0.481 e. The van der Waals surface area contributed by atoms with Gasteiger partial charge in [0, 0.05) is 6.54 Å². The first-order chi connectivity index (χ1) is 10.2. The van der Waals surface area contributed by atoms with E-state index in [4.69, 9.17) is 10.4 Å². The van der Waals surface area contributed by atoms with Crippen LogP contribution in [0.1, 0.15) is 31.4 Å². The molecule has 6 heteroatoms. The smallest absolute Gasteiger partial charge is 0.306 e. The van der Waals surface area contributed by atoms with Gasteiger partial charge >= 0.3 is 5.97 Å². The number of carboxylic acid groups (broad SMARTS) is 1. The molecule has 1 aliphatic carbocycles. The Hall–Kier alpha value is -2.42. The number of carbonyl (C=O) groups is 1. The topological polar surface area (TPSA) is 91.8 Å². The van der Waals surface area contributed by atoms with Crippen LogP contribution in [-0.2, 0) is 11.3 Å². The Bertz CT molecular complexity index is 708. The molecule has 2 aromatic heterocycles. The van der Waals surface area contributed by atoms with E-state index in [0.717, 1.165) is 43.3 Å². The van der Waals surface area contributed by atoms with Crippen LogP contribution in [0.2, 0.25) is 0 Å². The number of nitriles is 1. The molecule has 1 N–H and O–H groups in total. The van der Waals surface area contributed by atoms with Crippen LogP contribution in [0.5, 0.6) is 0 Å². The van der Waals surface area contributed by atoms with Gasteiger partial charge in [0.2, 0.25) is 0 Å². The van der Waals surface area contributed by atoms with E-state index in [9.17, 15) is 4.79 Å². The number of fused-ring (bicyclic) bond motifs is 1. The number of hydrogen-bond acceptors (Lipinski definition) is 4. The van der Waals surface area contributed by atoms with Crippen LogP contribution in [0.3, 0.4) is 0 Å². The lowest BCUT2D eigenvalue weighted by Gasteiger charge is -2.26. The predicted molar refractivity (Wildman–Crippen MR) is 75.3 cm³/mol. The van der Waals surface area contributed by atoms with Gasteiger partial charge in [-0.3, -0.25) is 9.48 Å². The Morgan fingerprint density at radius 3 is 2.81 bits per heavy atom. The molecule has 0 aliphatic heterocycles. The van der Waals surface area contributed by atoms with Gasteiger partial charge in [0.15, 0.2) is 0 Å². The molecule has 1 saturated carbocycles. The third kappa shape index (κ3) is 2.72. The second kappa shape index (κ2) is 5.52. The summed E-state index contributed by atoms with van der Waals surface area (Å²) in [7, 11) is 0. The Labute approximate surface area is 122 Å². The van der Waals surface area contributed by atoms with Gasteiger partial charge in [0.1, 0.15) is 17.3 Å². The Balaban J connectivity index is 1.72. The Kier molecular flexibility index (Phi) is 3.57. The van der Waals surface area contributed by atoms with Crippen molar-refractivity contribution in [3.63, 3.8) is 0 Å². The van der Waals surface area contributed by atoms with Gasteiger partial charge in [0.25, 0.3) is 0 Å². The molecule has 2 aromatic rings. The molecule has 0 amide bonds. The van der Waals surface area contributed by atoms with E-state index in [0.29, 0.717) is 11.6 Å². The average molecular weight is 284 g/mol. The average Bonchev–Trinajstić information content (AvgIpc) is 2.90. The maximum absolute atomic E-state index is 11.0. The summed E-state index contributed by atoms with van der Waals surface area (Å²) in [5.41, 5.74) is 2.05. The summed E-state index contributed by atoms with van der Waals surface area (Å²) < 4.78 is 1.91. The largest absolute Gasteiger partial charge is 0.481 e. The van der Waals surface area contributed by atoms with Crippen LogP contribution in [0.25, 0.3) is 11.0 Å². The van der Waals surface area contributed by atoms with Gasteiger partial charge in [-0.15, -0.1) is 0 Å². The molecule has 0 unspecified atom stereocenters. The number of aliphatic carboxylic acids is 1. The van der Waals surface area contributed by atoms with Crippen LogP contribution in [0.15, 0.2) is 18.3 Å². The predicted octanol–water partition coefficient (Wildman–Crippen LogP) is 2.19. The van der Waals surface area contributed by atoms with Crippen molar-refractivity contribution in [2.75, 3.05) is 0 Å². The molecule has 21 heavy (non-hydrogen) atoms. The van der Waals surface area contributed by atoms with Crippen molar-refractivity contribution in [1.29, 1.82) is 5.26 Å². The molecule has 0 radical (unpaired) electrons. The van der Waals surface area contributed by atoms with Crippen molar-refractivity contribution in [3.05, 3.63) is 24.0 Å². The summed E-state index contributed by atoms with van der Waals surface area (Å²) in [5, 5.41) is 22.2. The molecule has 0 spiro atoms. The van der Waals surface area contributed by atoms with E-state index in [1.807, 2.05) is 16.8 Å². The number of hydrogen-bond donors (Lipinski definition) is 1. The zero-order valence-electron chi connectivity index (χ0n) is 11.6. The summed E-state index contributed by atoms with van der Waals surface area (Å²) in [6.07, 6.45) is 5.01. The number of rotatable bonds is 3. The van der Waals surface area contributed by atoms with Gasteiger partial charge < -0.3 is 5.11 Å². The molecule has 3 rings (SSSR count). The second-order valence-electron chi connectivity index (χ2n) is 5.60. The lowest BCUT2D eigenvalue weighted by Crippen LogP contribution is -2.24. The van der Waals surface area contributed by atoms with E-state index in [-0.39, 0.29) is 5.92 Å². The monoisotopic (exact) mass is 284 g/mol. The minimum absolute atomic E-state index is 0.185. The zero-order chi connectivity index (χ0) is 14.8. The lowest BCUT2D eigenvalue weighted by atomic mass is 9.82. The summed E-state index contributed by atoms with van der Waals surface area (Å²) in [4.78, 5) is 15.2. The number of pyridine rings is 1. The molecule has 0 saturated heterocycles. The highest BCUT2D eigenvalue weighted by Gasteiger charge is 2.26. The molecular weight excluding hydrogens is 268 g/mol. The van der Waals surface area contributed by atoms with Gasteiger partial charge in [-0.25, -0.2) is 4.98 Å². The molecule has 0 bridgehead atoms. The number of nitrogens with zero attached hydrogens (tertiary/aromatic N) is 4. The molecule has 6 nitrogen and oxygen atoms in total. The van der Waals surface area contributed by atoms with Crippen LogP contribution >= 0.6 is 0 Å². The van der Waals surface area contributed by atoms with Gasteiger partial charge in [0.05, 0.1) is 17.6 Å². The summed E-state index contributed by atoms with van der Waals surface area (Å²) in [6.45, 7) is 0.781. The van der Waals surface area contributed by atoms with Gasteiger partial charge in [-0.1, -0.05) is 0 Å². The first-order valence-electron chi connectivity index (χ1n) is 7.13. The third-order valence-corrected chi connectivity index (χ3v) is 4.24. The lowest BCUT2D eigenvalue weighted by molar-refractivity contribution is -0.143. The molecule has 1 fully saturated rings. The molecule has 0 atom stereocenters. The maximum Gasteiger partial charge on any atom is 0.306 e. The van der Waals surface area contributed by atoms with E-state index in [2.05, 4.69) is 10.1 Å². The van der Waals surface area contributed by atoms with Gasteiger partial charge in [-0.2, -0.15) is 10.4 Å². The fourth-order valence-corrected chi connectivity index (χ4v) is 3.01. The van der Waals surface area contributed by atoms with Crippen molar-refractivity contribution in [2.45, 2.75) is 32.2 Å². The summed E-state index contributed by atoms with van der Waals surface area (Å²) in [6, 6.07) is 5.59. The molecular formula is C15H16N4O2. The Morgan fingerprint density at radius 2 is 2.14 bits per heavy atom. The normalized spacial score (nSPS) is 22.0. The molecule has 2 heterocycles. The van der Waals surface area contributed by atoms with E-state index in [1.165, 1.54) is 0 Å². The van der Waals surface area contributed by atoms with Crippen LogP contribution in [-0.4, -0.2) is 25.8 Å². The summed E-state index contributed by atoms with van der Waals surface area (Å²) >= 11 is 0. The van der Waals surface area contributed by atoms with Gasteiger partial charge in [-0.05, 0) is 43.7 Å². The first-order valence-corrected chi connectivity index (χ1v) is 7.13. The fourth-order valence-electron chi connectivity index (χ4n) is 3.01. The first kappa shape index (κ1) is 13.6. The van der Waals surface area contributed by atoms with Crippen LogP contribution in [0, 0.1) is 23.2 Å². The van der Waals surface area contributed by atoms with E-state index < -0.39 is 5.97 Å². The van der Waals surface area contributed by atoms with Crippen molar-refractivity contribution in [3.8, 4) is 6.07 Å². The third-order valence-electron chi connectivity index (χ3n) is 4.24. The highest BCUT2D eigenvalue weighted by molar-refractivity contribution is 5.74. The standard InChI is InChI=1S/C15H16N4O2/c16-7-12-5-6-14-13(18-12)8-17-19(14)9-10-1-3-11(4-2-10)15(20)21/h5-6,8,10-11H,1-4,9H2,(H,20,21)/t10-,11-. The van der Waals surface area contributed by atoms with Crippen molar-refractivity contribution in [1.82, 2.24) is 14.8 Å². The van der Waals surface area contributed by atoms with Crippen LogP contribution in [0.4, 0.5) is 0 Å². The molecule has 108 valence electrons. The van der Waals surface area contributed by atoms with Crippen molar-refractivity contribution < 1.29 is 9.90 Å². The highest BCUT2D eigenvalue weighted by Crippen LogP contribution is 2.30. The van der Waals surface area contributed by atoms with E-state index >= 15 is 0 Å². The van der Waals surface area contributed by atoms with E-state index in [1.54, 1.807) is 12.3 Å². The quantitative estimate of drug-likeness (QED) is 0.932. The zero-order valence-corrected chi connectivity index (χ0v) is 11.6. The summed E-state index contributed by atoms with van der Waals surface area (Å²) in [5.74, 6) is -0.402. The highest BCUT2D eigenvalue weighted by atomic mass is 16.4. The maximum atomic E-state index is 11.0.